The molecule has 22 heavy (non-hydrogen) atoms. The number of hydrogen-bond donors (Lipinski definition) is 0. The first kappa shape index (κ1) is 17.4. The van der Waals surface area contributed by atoms with Crippen molar-refractivity contribution in [1.82, 2.24) is 0 Å². The molecule has 3 heteroatoms. The molecule has 1 aliphatic carbocycles. The highest BCUT2D eigenvalue weighted by atomic mass is 16.5. The van der Waals surface area contributed by atoms with Gasteiger partial charge in [0, 0.05) is 5.60 Å². The molecule has 0 N–H and O–H groups in total. The smallest absolute Gasteiger partial charge is 0.330 e. The summed E-state index contributed by atoms with van der Waals surface area (Å²) in [5.41, 5.74) is 0.926. The van der Waals surface area contributed by atoms with Crippen molar-refractivity contribution in [2.24, 2.45) is 11.8 Å². The van der Waals surface area contributed by atoms with E-state index in [0.29, 0.717) is 6.10 Å². The lowest BCUT2D eigenvalue weighted by molar-refractivity contribution is 0.117. The standard InChI is InChI=1S/C19H30BO2/c1-14(2)15-6-10-17(11-7-15)21-18-12-8-16(9-13-18)20-22-19(3,4)5/h8-9,12-15,17H,6-7,10-11H2,1-5H3. The van der Waals surface area contributed by atoms with E-state index in [4.69, 9.17) is 9.39 Å². The van der Waals surface area contributed by atoms with Gasteiger partial charge in [-0.25, -0.2) is 0 Å². The van der Waals surface area contributed by atoms with Crippen LogP contribution in [-0.2, 0) is 4.65 Å². The molecule has 0 saturated heterocycles. The van der Waals surface area contributed by atoms with Gasteiger partial charge in [0.15, 0.2) is 0 Å². The van der Waals surface area contributed by atoms with Crippen LogP contribution < -0.4 is 10.2 Å². The maximum absolute atomic E-state index is 6.13. The Morgan fingerprint density at radius 2 is 1.59 bits per heavy atom. The third-order valence-corrected chi connectivity index (χ3v) is 4.39. The van der Waals surface area contributed by atoms with Crippen molar-refractivity contribution in [3.8, 4) is 5.75 Å². The van der Waals surface area contributed by atoms with Crippen LogP contribution in [0, 0.1) is 11.8 Å². The Kier molecular flexibility index (Phi) is 5.97. The number of benzene rings is 1. The highest BCUT2D eigenvalue weighted by molar-refractivity contribution is 6.47. The molecule has 0 aliphatic heterocycles. The first-order valence-electron chi connectivity index (χ1n) is 8.61. The van der Waals surface area contributed by atoms with Crippen LogP contribution in [0.1, 0.15) is 60.3 Å². The summed E-state index contributed by atoms with van der Waals surface area (Å²) in [5, 5.41) is 0. The molecule has 1 aromatic carbocycles. The van der Waals surface area contributed by atoms with E-state index < -0.39 is 0 Å². The van der Waals surface area contributed by atoms with Crippen LogP contribution >= 0.6 is 0 Å². The van der Waals surface area contributed by atoms with Crippen molar-refractivity contribution in [3.63, 3.8) is 0 Å². The molecule has 1 fully saturated rings. The first-order valence-corrected chi connectivity index (χ1v) is 8.61. The van der Waals surface area contributed by atoms with Crippen molar-refractivity contribution in [3.05, 3.63) is 24.3 Å². The van der Waals surface area contributed by atoms with E-state index in [-0.39, 0.29) is 5.60 Å². The number of hydrogen-bond acceptors (Lipinski definition) is 2. The van der Waals surface area contributed by atoms with Crippen LogP contribution in [0.4, 0.5) is 0 Å². The number of rotatable bonds is 5. The Morgan fingerprint density at radius 3 is 2.09 bits per heavy atom. The minimum Gasteiger partial charge on any atom is -0.490 e. The molecule has 2 rings (SSSR count). The first-order chi connectivity index (χ1) is 10.3. The normalized spacial score (nSPS) is 22.6. The van der Waals surface area contributed by atoms with Crippen LogP contribution in [0.3, 0.4) is 0 Å². The fourth-order valence-corrected chi connectivity index (χ4v) is 2.94. The van der Waals surface area contributed by atoms with Crippen LogP contribution in [0.5, 0.6) is 5.75 Å². The number of ether oxygens (including phenoxy) is 1. The van der Waals surface area contributed by atoms with Gasteiger partial charge in [0.2, 0.25) is 0 Å². The van der Waals surface area contributed by atoms with Crippen LogP contribution in [0.25, 0.3) is 0 Å². The summed E-state index contributed by atoms with van der Waals surface area (Å²) in [6.45, 7) is 10.8. The largest absolute Gasteiger partial charge is 0.490 e. The topological polar surface area (TPSA) is 18.5 Å². The lowest BCUT2D eigenvalue weighted by Gasteiger charge is -2.31. The van der Waals surface area contributed by atoms with E-state index in [2.05, 4.69) is 46.8 Å². The zero-order chi connectivity index (χ0) is 16.2. The summed E-state index contributed by atoms with van der Waals surface area (Å²) in [5.74, 6) is 2.66. The van der Waals surface area contributed by atoms with E-state index in [1.54, 1.807) is 0 Å². The Labute approximate surface area is 136 Å². The Hall–Kier alpha value is -0.955. The molecule has 0 spiro atoms. The third kappa shape index (κ3) is 5.68. The molecular formula is C19H30BO2. The lowest BCUT2D eigenvalue weighted by atomic mass is 9.80. The maximum Gasteiger partial charge on any atom is 0.330 e. The predicted octanol–water partition coefficient (Wildman–Crippen LogP) is 4.34. The summed E-state index contributed by atoms with van der Waals surface area (Å²) in [7, 11) is 1.82. The molecule has 2 nitrogen and oxygen atoms in total. The molecule has 1 saturated carbocycles. The summed E-state index contributed by atoms with van der Waals surface area (Å²) in [6.07, 6.45) is 5.35. The molecule has 121 valence electrons. The minimum absolute atomic E-state index is 0.149. The second-order valence-electron chi connectivity index (χ2n) is 7.82. The van der Waals surface area contributed by atoms with Crippen molar-refractivity contribution in [1.29, 1.82) is 0 Å². The SMILES string of the molecule is CC(C)C1CCC(Oc2ccc([B]OC(C)(C)C)cc2)CC1. The Bertz CT molecular complexity index is 439. The monoisotopic (exact) mass is 301 g/mol. The zero-order valence-electron chi connectivity index (χ0n) is 14.8. The highest BCUT2D eigenvalue weighted by Gasteiger charge is 2.24. The van der Waals surface area contributed by atoms with Crippen molar-refractivity contribution in [2.75, 3.05) is 0 Å². The predicted molar refractivity (Wildman–Crippen MR) is 93.9 cm³/mol. The molecule has 0 unspecified atom stereocenters. The van der Waals surface area contributed by atoms with Gasteiger partial charge in [0.05, 0.1) is 6.10 Å². The van der Waals surface area contributed by atoms with Gasteiger partial charge in [0.1, 0.15) is 5.75 Å². The highest BCUT2D eigenvalue weighted by Crippen LogP contribution is 2.31. The molecule has 0 atom stereocenters. The average molecular weight is 301 g/mol. The van der Waals surface area contributed by atoms with Gasteiger partial charge in [-0.1, -0.05) is 31.4 Å². The third-order valence-electron chi connectivity index (χ3n) is 4.39. The fraction of sp³-hybridized carbons (Fsp3) is 0.684. The fourth-order valence-electron chi connectivity index (χ4n) is 2.94. The van der Waals surface area contributed by atoms with Crippen molar-refractivity contribution in [2.45, 2.75) is 72.0 Å². The van der Waals surface area contributed by atoms with E-state index in [9.17, 15) is 0 Å². The second-order valence-corrected chi connectivity index (χ2v) is 7.82. The van der Waals surface area contributed by atoms with Crippen molar-refractivity contribution < 1.29 is 9.39 Å². The summed E-state index contributed by atoms with van der Waals surface area (Å²) in [4.78, 5) is 0. The Balaban J connectivity index is 1.79. The molecule has 1 aromatic rings. The van der Waals surface area contributed by atoms with Gasteiger partial charge in [-0.05, 0) is 70.4 Å². The van der Waals surface area contributed by atoms with Gasteiger partial charge in [0.25, 0.3) is 0 Å². The molecule has 0 aromatic heterocycles. The minimum atomic E-state index is -0.149. The quantitative estimate of drug-likeness (QED) is 0.753. The molecule has 0 bridgehead atoms. The summed E-state index contributed by atoms with van der Waals surface area (Å²) < 4.78 is 11.8. The van der Waals surface area contributed by atoms with Gasteiger partial charge in [-0.3, -0.25) is 0 Å². The lowest BCUT2D eigenvalue weighted by Crippen LogP contribution is -2.28. The average Bonchev–Trinajstić information content (AvgIpc) is 2.46. The molecule has 1 aliphatic rings. The second kappa shape index (κ2) is 7.54. The summed E-state index contributed by atoms with van der Waals surface area (Å²) in [6, 6.07) is 8.21. The van der Waals surface area contributed by atoms with E-state index in [1.165, 1.54) is 25.7 Å². The molecular weight excluding hydrogens is 271 g/mol. The van der Waals surface area contributed by atoms with Gasteiger partial charge < -0.3 is 9.39 Å². The van der Waals surface area contributed by atoms with Gasteiger partial charge in [-0.15, -0.1) is 0 Å². The Morgan fingerprint density at radius 1 is 1.00 bits per heavy atom. The summed E-state index contributed by atoms with van der Waals surface area (Å²) >= 11 is 0. The van der Waals surface area contributed by atoms with Crippen molar-refractivity contribution >= 4 is 12.9 Å². The molecule has 1 radical (unpaired) electrons. The maximum atomic E-state index is 6.13. The molecule has 0 heterocycles. The van der Waals surface area contributed by atoms with E-state index >= 15 is 0 Å². The van der Waals surface area contributed by atoms with Gasteiger partial charge >= 0.3 is 7.48 Å². The van der Waals surface area contributed by atoms with E-state index in [0.717, 1.165) is 23.0 Å². The zero-order valence-corrected chi connectivity index (χ0v) is 14.8. The van der Waals surface area contributed by atoms with Crippen LogP contribution in [0.15, 0.2) is 24.3 Å². The van der Waals surface area contributed by atoms with Crippen LogP contribution in [-0.4, -0.2) is 19.2 Å². The van der Waals surface area contributed by atoms with Crippen LogP contribution in [0.2, 0.25) is 0 Å². The van der Waals surface area contributed by atoms with E-state index in [1.807, 2.05) is 19.6 Å². The molecule has 0 amide bonds. The van der Waals surface area contributed by atoms with Gasteiger partial charge in [-0.2, -0.15) is 0 Å².